The van der Waals surface area contributed by atoms with E-state index >= 15 is 0 Å². The molecule has 2 aromatic rings. The molecule has 0 aliphatic rings. The van der Waals surface area contributed by atoms with Crippen LogP contribution in [0.5, 0.6) is 17.2 Å². The van der Waals surface area contributed by atoms with Gasteiger partial charge >= 0.3 is 5.63 Å². The minimum Gasteiger partial charge on any atom is -0.499 e. The Labute approximate surface area is 116 Å². The summed E-state index contributed by atoms with van der Waals surface area (Å²) in [6.45, 7) is 7.45. The number of hydrogen-bond acceptors (Lipinski definition) is 5. The van der Waals surface area contributed by atoms with Crippen LogP contribution in [-0.2, 0) is 0 Å². The predicted molar refractivity (Wildman–Crippen MR) is 75.7 cm³/mol. The highest BCUT2D eigenvalue weighted by Crippen LogP contribution is 2.34. The smallest absolute Gasteiger partial charge is 0.382 e. The first-order valence-corrected chi connectivity index (χ1v) is 6.51. The molecule has 5 nitrogen and oxygen atoms in total. The Morgan fingerprint density at radius 1 is 1.10 bits per heavy atom. The average molecular weight is 278 g/mol. The highest BCUT2D eigenvalue weighted by atomic mass is 16.5. The van der Waals surface area contributed by atoms with Crippen LogP contribution in [0.4, 0.5) is 0 Å². The van der Waals surface area contributed by atoms with Crippen molar-refractivity contribution in [3.8, 4) is 17.2 Å². The number of hydrogen-bond donors (Lipinski definition) is 1. The van der Waals surface area contributed by atoms with Crippen molar-refractivity contribution in [2.45, 2.75) is 39.9 Å². The molecule has 0 fully saturated rings. The lowest BCUT2D eigenvalue weighted by molar-refractivity contribution is 0.231. The van der Waals surface area contributed by atoms with Crippen molar-refractivity contribution >= 4 is 11.0 Å². The molecule has 108 valence electrons. The van der Waals surface area contributed by atoms with Gasteiger partial charge in [-0.3, -0.25) is 0 Å². The quantitative estimate of drug-likeness (QED) is 0.870. The Hall–Kier alpha value is -2.17. The van der Waals surface area contributed by atoms with Gasteiger partial charge < -0.3 is 19.0 Å². The molecule has 0 spiro atoms. The van der Waals surface area contributed by atoms with Gasteiger partial charge in [0.1, 0.15) is 11.3 Å². The molecule has 0 saturated carbocycles. The van der Waals surface area contributed by atoms with Gasteiger partial charge in [0.2, 0.25) is 5.75 Å². The third-order valence-electron chi connectivity index (χ3n) is 2.53. The van der Waals surface area contributed by atoms with Crippen LogP contribution in [0.1, 0.15) is 27.7 Å². The highest BCUT2D eigenvalue weighted by Gasteiger charge is 2.17. The summed E-state index contributed by atoms with van der Waals surface area (Å²) in [5.74, 6) is 0.225. The Morgan fingerprint density at radius 2 is 1.75 bits per heavy atom. The van der Waals surface area contributed by atoms with E-state index in [1.54, 1.807) is 18.2 Å². The van der Waals surface area contributed by atoms with Crippen LogP contribution < -0.4 is 15.1 Å². The van der Waals surface area contributed by atoms with E-state index in [4.69, 9.17) is 13.9 Å². The number of ether oxygens (including phenoxy) is 2. The monoisotopic (exact) mass is 278 g/mol. The van der Waals surface area contributed by atoms with Crippen molar-refractivity contribution in [3.63, 3.8) is 0 Å². The first-order valence-electron chi connectivity index (χ1n) is 6.51. The lowest BCUT2D eigenvalue weighted by Crippen LogP contribution is -2.10. The molecule has 0 unspecified atom stereocenters. The summed E-state index contributed by atoms with van der Waals surface area (Å²) in [7, 11) is 0. The highest BCUT2D eigenvalue weighted by molar-refractivity contribution is 5.86. The molecule has 1 N–H and O–H groups in total. The molecular weight excluding hydrogens is 260 g/mol. The summed E-state index contributed by atoms with van der Waals surface area (Å²) in [5, 5.41) is 10.3. The molecule has 0 bridgehead atoms. The fraction of sp³-hybridized carbons (Fsp3) is 0.400. The van der Waals surface area contributed by atoms with Gasteiger partial charge in [-0.25, -0.2) is 4.79 Å². The van der Waals surface area contributed by atoms with E-state index in [0.29, 0.717) is 16.7 Å². The summed E-state index contributed by atoms with van der Waals surface area (Å²) in [6, 6.07) is 5.06. The van der Waals surface area contributed by atoms with Gasteiger partial charge in [0, 0.05) is 6.07 Å². The number of aromatic hydroxyl groups is 1. The Morgan fingerprint density at radius 3 is 2.35 bits per heavy atom. The molecular formula is C15H18O5. The summed E-state index contributed by atoms with van der Waals surface area (Å²) < 4.78 is 16.1. The largest absolute Gasteiger partial charge is 0.499 e. The minimum absolute atomic E-state index is 0.0164. The summed E-state index contributed by atoms with van der Waals surface area (Å²) in [5.41, 5.74) is -0.503. The fourth-order valence-corrected chi connectivity index (χ4v) is 1.84. The van der Waals surface area contributed by atoms with Gasteiger partial charge in [-0.2, -0.15) is 0 Å². The number of benzene rings is 1. The average Bonchev–Trinajstić information content (AvgIpc) is 2.33. The molecule has 20 heavy (non-hydrogen) atoms. The lowest BCUT2D eigenvalue weighted by Gasteiger charge is -2.14. The van der Waals surface area contributed by atoms with Crippen molar-refractivity contribution in [3.05, 3.63) is 28.6 Å². The standard InChI is InChI=1S/C15H18O5/c1-8(2)18-10-5-6-11-12(7-10)20-15(17)13(16)14(11)19-9(3)4/h5-9,16H,1-4H3. The molecule has 1 aromatic heterocycles. The SMILES string of the molecule is CC(C)Oc1ccc2c(OC(C)C)c(O)c(=O)oc2c1. The van der Waals surface area contributed by atoms with Crippen LogP contribution in [0.15, 0.2) is 27.4 Å². The molecule has 0 aliphatic carbocycles. The third-order valence-corrected chi connectivity index (χ3v) is 2.53. The maximum atomic E-state index is 11.6. The normalized spacial score (nSPS) is 11.3. The van der Waals surface area contributed by atoms with Crippen LogP contribution in [0.25, 0.3) is 11.0 Å². The van der Waals surface area contributed by atoms with E-state index in [9.17, 15) is 9.90 Å². The van der Waals surface area contributed by atoms with E-state index in [2.05, 4.69) is 0 Å². The summed E-state index contributed by atoms with van der Waals surface area (Å²) >= 11 is 0. The maximum Gasteiger partial charge on any atom is 0.382 e. The topological polar surface area (TPSA) is 68.9 Å². The zero-order chi connectivity index (χ0) is 14.9. The molecule has 0 atom stereocenters. The van der Waals surface area contributed by atoms with Crippen LogP contribution in [-0.4, -0.2) is 17.3 Å². The molecule has 2 rings (SSSR count). The van der Waals surface area contributed by atoms with E-state index < -0.39 is 11.4 Å². The Bertz CT molecular complexity index is 670. The minimum atomic E-state index is -0.824. The van der Waals surface area contributed by atoms with Crippen molar-refractivity contribution < 1.29 is 19.0 Å². The van der Waals surface area contributed by atoms with Gasteiger partial charge in [-0.1, -0.05) is 0 Å². The maximum absolute atomic E-state index is 11.6. The second-order valence-electron chi connectivity index (χ2n) is 5.06. The van der Waals surface area contributed by atoms with Crippen molar-refractivity contribution in [1.29, 1.82) is 0 Å². The second-order valence-corrected chi connectivity index (χ2v) is 5.06. The van der Waals surface area contributed by atoms with E-state index in [1.165, 1.54) is 0 Å². The number of rotatable bonds is 4. The predicted octanol–water partition coefficient (Wildman–Crippen LogP) is 3.07. The fourth-order valence-electron chi connectivity index (χ4n) is 1.84. The summed E-state index contributed by atoms with van der Waals surface area (Å²) in [6.07, 6.45) is -0.153. The van der Waals surface area contributed by atoms with Crippen LogP contribution in [0.3, 0.4) is 0 Å². The van der Waals surface area contributed by atoms with E-state index in [-0.39, 0.29) is 18.0 Å². The second kappa shape index (κ2) is 5.45. The van der Waals surface area contributed by atoms with Gasteiger partial charge in [0.25, 0.3) is 0 Å². The van der Waals surface area contributed by atoms with Gasteiger partial charge in [0.15, 0.2) is 5.75 Å². The van der Waals surface area contributed by atoms with E-state index in [1.807, 2.05) is 27.7 Å². The molecule has 5 heteroatoms. The van der Waals surface area contributed by atoms with Gasteiger partial charge in [-0.05, 0) is 39.8 Å². The van der Waals surface area contributed by atoms with E-state index in [0.717, 1.165) is 0 Å². The third kappa shape index (κ3) is 2.87. The van der Waals surface area contributed by atoms with Crippen molar-refractivity contribution in [2.75, 3.05) is 0 Å². The molecule has 0 radical (unpaired) electrons. The molecule has 0 amide bonds. The lowest BCUT2D eigenvalue weighted by atomic mass is 10.2. The molecule has 1 aromatic carbocycles. The van der Waals surface area contributed by atoms with Gasteiger partial charge in [0.05, 0.1) is 17.6 Å². The van der Waals surface area contributed by atoms with Crippen molar-refractivity contribution in [1.82, 2.24) is 0 Å². The number of fused-ring (bicyclic) bond motifs is 1. The molecule has 1 heterocycles. The van der Waals surface area contributed by atoms with Gasteiger partial charge in [-0.15, -0.1) is 0 Å². The van der Waals surface area contributed by atoms with Crippen molar-refractivity contribution in [2.24, 2.45) is 0 Å². The Kier molecular flexibility index (Phi) is 3.88. The zero-order valence-corrected chi connectivity index (χ0v) is 12.0. The first kappa shape index (κ1) is 14.2. The Balaban J connectivity index is 2.60. The van der Waals surface area contributed by atoms with Crippen LogP contribution >= 0.6 is 0 Å². The van der Waals surface area contributed by atoms with Crippen LogP contribution in [0.2, 0.25) is 0 Å². The first-order chi connectivity index (χ1) is 9.38. The zero-order valence-electron chi connectivity index (χ0n) is 12.0. The molecule has 0 saturated heterocycles. The van der Waals surface area contributed by atoms with Crippen LogP contribution in [0, 0.1) is 0 Å². The molecule has 0 aliphatic heterocycles. The summed E-state index contributed by atoms with van der Waals surface area (Å²) in [4.78, 5) is 11.6.